The summed E-state index contributed by atoms with van der Waals surface area (Å²) in [6, 6.07) is 8.09. The summed E-state index contributed by atoms with van der Waals surface area (Å²) < 4.78 is 13.0. The first-order chi connectivity index (χ1) is 10.6. The van der Waals surface area contributed by atoms with Crippen LogP contribution in [-0.2, 0) is 0 Å². The maximum absolute atomic E-state index is 13.0. The van der Waals surface area contributed by atoms with Gasteiger partial charge in [-0.3, -0.25) is 4.98 Å². The van der Waals surface area contributed by atoms with Crippen molar-refractivity contribution >= 4 is 36.6 Å². The molecule has 106 valence electrons. The second-order valence-electron chi connectivity index (χ2n) is 4.32. The van der Waals surface area contributed by atoms with Gasteiger partial charge in [-0.25, -0.2) is 9.37 Å². The second kappa shape index (κ2) is 6.42. The van der Waals surface area contributed by atoms with E-state index in [-0.39, 0.29) is 10.8 Å². The monoisotopic (exact) mass is 326 g/mol. The fourth-order valence-corrected chi connectivity index (χ4v) is 3.61. The number of aromatic nitrogens is 2. The first-order valence-electron chi connectivity index (χ1n) is 6.27. The fraction of sp³-hybridized carbons (Fsp3) is 0. The van der Waals surface area contributed by atoms with E-state index in [1.807, 2.05) is 6.07 Å². The van der Waals surface area contributed by atoms with Gasteiger partial charge in [-0.05, 0) is 30.3 Å². The Morgan fingerprint density at radius 1 is 1.18 bits per heavy atom. The highest BCUT2D eigenvalue weighted by Crippen LogP contribution is 2.37. The molecule has 2 heterocycles. The third-order valence-electron chi connectivity index (χ3n) is 2.81. The predicted molar refractivity (Wildman–Crippen MR) is 86.0 cm³/mol. The largest absolute Gasteiger partial charge is 0.305 e. The molecule has 0 saturated carbocycles. The maximum Gasteiger partial charge on any atom is 0.178 e. The van der Waals surface area contributed by atoms with Crippen molar-refractivity contribution in [3.05, 3.63) is 59.7 Å². The van der Waals surface area contributed by atoms with E-state index in [4.69, 9.17) is 7.85 Å². The molecular formula is C15H8BFN2OS2. The number of halogens is 1. The van der Waals surface area contributed by atoms with Crippen molar-refractivity contribution in [3.63, 3.8) is 0 Å². The summed E-state index contributed by atoms with van der Waals surface area (Å²) in [5, 5.41) is 0.268. The number of hydrogen-bond donors (Lipinski definition) is 0. The number of carbonyl (C=O) groups is 1. The zero-order valence-corrected chi connectivity index (χ0v) is 12.8. The zero-order valence-electron chi connectivity index (χ0n) is 11.2. The van der Waals surface area contributed by atoms with Crippen LogP contribution in [0.2, 0.25) is 0 Å². The van der Waals surface area contributed by atoms with Gasteiger partial charge in [-0.2, -0.15) is 0 Å². The van der Waals surface area contributed by atoms with Crippen molar-refractivity contribution in [1.29, 1.82) is 0 Å². The molecule has 0 amide bonds. The lowest BCUT2D eigenvalue weighted by molar-refractivity contribution is 0.108. The highest BCUT2D eigenvalue weighted by Gasteiger charge is 2.12. The Morgan fingerprint density at radius 2 is 1.95 bits per heavy atom. The quantitative estimate of drug-likeness (QED) is 0.684. The lowest BCUT2D eigenvalue weighted by atomic mass is 10.0. The fourth-order valence-electron chi connectivity index (χ4n) is 1.81. The second-order valence-corrected chi connectivity index (χ2v) is 6.47. The summed E-state index contributed by atoms with van der Waals surface area (Å²) in [4.78, 5) is 21.9. The van der Waals surface area contributed by atoms with Crippen molar-refractivity contribution in [2.24, 2.45) is 0 Å². The SMILES string of the molecule is [B]C(=O)c1ncc(-c2ccncc2Sc2ccc(F)cc2)s1. The molecule has 3 rings (SSSR count). The lowest BCUT2D eigenvalue weighted by Crippen LogP contribution is -1.94. The Hall–Kier alpha value is -1.99. The standard InChI is InChI=1S/C15H8BFN2OS2/c16-14(20)15-19-8-13(22-15)11-5-6-18-7-12(11)21-10-3-1-9(17)2-4-10/h1-8H. The van der Waals surface area contributed by atoms with E-state index in [1.54, 1.807) is 30.7 Å². The predicted octanol–water partition coefficient (Wildman–Crippen LogP) is 3.80. The van der Waals surface area contributed by atoms with Gasteiger partial charge in [-0.1, -0.05) is 11.8 Å². The summed E-state index contributed by atoms with van der Waals surface area (Å²) in [5.41, 5.74) is 0.368. The third-order valence-corrected chi connectivity index (χ3v) is 4.91. The van der Waals surface area contributed by atoms with Crippen molar-refractivity contribution in [2.75, 3.05) is 0 Å². The van der Waals surface area contributed by atoms with Crippen LogP contribution in [0.15, 0.2) is 58.7 Å². The molecule has 3 aromatic rings. The van der Waals surface area contributed by atoms with Gasteiger partial charge in [0.25, 0.3) is 0 Å². The molecule has 7 heteroatoms. The average Bonchev–Trinajstić information content (AvgIpc) is 3.00. The molecule has 2 aromatic heterocycles. The summed E-state index contributed by atoms with van der Waals surface area (Å²) >= 11 is 2.70. The molecule has 22 heavy (non-hydrogen) atoms. The number of carbonyl (C=O) groups excluding carboxylic acids is 1. The van der Waals surface area contributed by atoms with Gasteiger partial charge in [0, 0.05) is 33.9 Å². The van der Waals surface area contributed by atoms with Crippen LogP contribution in [-0.4, -0.2) is 23.5 Å². The number of rotatable bonds is 4. The molecule has 0 saturated heterocycles. The van der Waals surface area contributed by atoms with E-state index < -0.39 is 5.68 Å². The smallest absolute Gasteiger partial charge is 0.178 e. The van der Waals surface area contributed by atoms with Gasteiger partial charge in [0.1, 0.15) is 16.5 Å². The first kappa shape index (κ1) is 14.9. The van der Waals surface area contributed by atoms with Gasteiger partial charge in [0.2, 0.25) is 0 Å². The van der Waals surface area contributed by atoms with Crippen LogP contribution >= 0.6 is 23.1 Å². The zero-order chi connectivity index (χ0) is 15.5. The maximum atomic E-state index is 13.0. The third kappa shape index (κ3) is 3.26. The van der Waals surface area contributed by atoms with Gasteiger partial charge in [0.15, 0.2) is 7.85 Å². The van der Waals surface area contributed by atoms with Crippen LogP contribution in [0.4, 0.5) is 4.39 Å². The van der Waals surface area contributed by atoms with E-state index in [1.165, 1.54) is 35.2 Å². The van der Waals surface area contributed by atoms with Crippen LogP contribution in [0, 0.1) is 5.82 Å². The normalized spacial score (nSPS) is 10.6. The molecule has 0 bridgehead atoms. The van der Waals surface area contributed by atoms with E-state index in [0.29, 0.717) is 0 Å². The number of thiazole rings is 1. The van der Waals surface area contributed by atoms with E-state index in [2.05, 4.69) is 9.97 Å². The van der Waals surface area contributed by atoms with E-state index in [9.17, 15) is 9.18 Å². The van der Waals surface area contributed by atoms with Crippen LogP contribution < -0.4 is 0 Å². The molecule has 3 nitrogen and oxygen atoms in total. The Labute approximate surface area is 136 Å². The van der Waals surface area contributed by atoms with E-state index in [0.717, 1.165) is 20.2 Å². The molecule has 0 atom stereocenters. The molecule has 0 aliphatic rings. The molecule has 0 unspecified atom stereocenters. The van der Waals surface area contributed by atoms with Crippen molar-refractivity contribution < 1.29 is 9.18 Å². The molecule has 0 aliphatic heterocycles. The number of benzene rings is 1. The van der Waals surface area contributed by atoms with Crippen molar-refractivity contribution in [3.8, 4) is 10.4 Å². The Bertz CT molecular complexity index is 820. The van der Waals surface area contributed by atoms with E-state index >= 15 is 0 Å². The topological polar surface area (TPSA) is 42.9 Å². The summed E-state index contributed by atoms with van der Waals surface area (Å²) in [7, 11) is 5.24. The van der Waals surface area contributed by atoms with Crippen molar-refractivity contribution in [1.82, 2.24) is 9.97 Å². The summed E-state index contributed by atoms with van der Waals surface area (Å²) in [6.07, 6.45) is 5.02. The molecule has 1 aromatic carbocycles. The molecular weight excluding hydrogens is 318 g/mol. The minimum Gasteiger partial charge on any atom is -0.305 e. The van der Waals surface area contributed by atoms with Gasteiger partial charge in [-0.15, -0.1) is 11.3 Å². The van der Waals surface area contributed by atoms with Gasteiger partial charge in [0.05, 0.1) is 4.88 Å². The minimum absolute atomic E-state index is 0.268. The summed E-state index contributed by atoms with van der Waals surface area (Å²) in [6.45, 7) is 0. The molecule has 0 aliphatic carbocycles. The number of nitrogens with zero attached hydrogens (tertiary/aromatic N) is 2. The highest BCUT2D eigenvalue weighted by atomic mass is 32.2. The molecule has 0 fully saturated rings. The Morgan fingerprint density at radius 3 is 2.64 bits per heavy atom. The first-order valence-corrected chi connectivity index (χ1v) is 7.90. The van der Waals surface area contributed by atoms with Gasteiger partial charge < -0.3 is 4.79 Å². The number of hydrogen-bond acceptors (Lipinski definition) is 5. The van der Waals surface area contributed by atoms with Crippen LogP contribution in [0.1, 0.15) is 9.80 Å². The van der Waals surface area contributed by atoms with Crippen molar-refractivity contribution in [2.45, 2.75) is 9.79 Å². The molecule has 0 spiro atoms. The van der Waals surface area contributed by atoms with Crippen LogP contribution in [0.5, 0.6) is 0 Å². The number of pyridine rings is 1. The Balaban J connectivity index is 1.95. The highest BCUT2D eigenvalue weighted by molar-refractivity contribution is 7.99. The molecule has 2 radical (unpaired) electrons. The minimum atomic E-state index is -0.543. The molecule has 0 N–H and O–H groups in total. The Kier molecular flexibility index (Phi) is 4.35. The lowest BCUT2D eigenvalue weighted by Gasteiger charge is -2.06. The average molecular weight is 326 g/mol. The van der Waals surface area contributed by atoms with Crippen LogP contribution in [0.25, 0.3) is 10.4 Å². The van der Waals surface area contributed by atoms with Gasteiger partial charge >= 0.3 is 0 Å². The summed E-state index contributed by atoms with van der Waals surface area (Å²) in [5.74, 6) is -0.274. The van der Waals surface area contributed by atoms with Crippen LogP contribution in [0.3, 0.4) is 0 Å².